The molecular formula is C13H18O3. The zero-order valence-corrected chi connectivity index (χ0v) is 9.68. The van der Waals surface area contributed by atoms with E-state index in [9.17, 15) is 9.90 Å². The molecule has 0 saturated carbocycles. The number of aryl methyl sites for hydroxylation is 1. The van der Waals surface area contributed by atoms with Crippen LogP contribution in [0.5, 0.6) is 0 Å². The maximum Gasteiger partial charge on any atom is 0.303 e. The van der Waals surface area contributed by atoms with E-state index in [2.05, 4.69) is 0 Å². The SMILES string of the molecule is CC(C)C(O)c1ccccc1CCC(=O)O. The Morgan fingerprint density at radius 3 is 2.50 bits per heavy atom. The van der Waals surface area contributed by atoms with Gasteiger partial charge in [0, 0.05) is 6.42 Å². The van der Waals surface area contributed by atoms with Crippen LogP contribution in [0, 0.1) is 5.92 Å². The topological polar surface area (TPSA) is 57.5 Å². The van der Waals surface area contributed by atoms with Gasteiger partial charge in [-0.05, 0) is 23.5 Å². The number of hydrogen-bond donors (Lipinski definition) is 2. The van der Waals surface area contributed by atoms with Crippen LogP contribution in [0.4, 0.5) is 0 Å². The minimum Gasteiger partial charge on any atom is -0.481 e. The number of aliphatic hydroxyl groups excluding tert-OH is 1. The van der Waals surface area contributed by atoms with Gasteiger partial charge in [-0.2, -0.15) is 0 Å². The molecule has 0 saturated heterocycles. The lowest BCUT2D eigenvalue weighted by molar-refractivity contribution is -0.136. The molecule has 0 spiro atoms. The molecule has 0 aliphatic carbocycles. The van der Waals surface area contributed by atoms with Crippen LogP contribution < -0.4 is 0 Å². The molecule has 0 amide bonds. The molecule has 1 aromatic rings. The van der Waals surface area contributed by atoms with Crippen molar-refractivity contribution in [1.82, 2.24) is 0 Å². The van der Waals surface area contributed by atoms with Gasteiger partial charge in [-0.3, -0.25) is 4.79 Å². The standard InChI is InChI=1S/C13H18O3/c1-9(2)13(16)11-6-4-3-5-10(11)7-8-12(14)15/h3-6,9,13,16H,7-8H2,1-2H3,(H,14,15). The van der Waals surface area contributed by atoms with Gasteiger partial charge in [-0.25, -0.2) is 0 Å². The molecule has 0 bridgehead atoms. The van der Waals surface area contributed by atoms with Gasteiger partial charge in [0.05, 0.1) is 6.10 Å². The first kappa shape index (κ1) is 12.7. The third-order valence-electron chi connectivity index (χ3n) is 2.61. The van der Waals surface area contributed by atoms with E-state index in [1.165, 1.54) is 0 Å². The maximum absolute atomic E-state index is 10.5. The minimum absolute atomic E-state index is 0.0990. The van der Waals surface area contributed by atoms with Crippen LogP contribution in [-0.4, -0.2) is 16.2 Å². The molecule has 1 atom stereocenters. The predicted molar refractivity (Wildman–Crippen MR) is 62.2 cm³/mol. The first-order valence-electron chi connectivity index (χ1n) is 5.50. The summed E-state index contributed by atoms with van der Waals surface area (Å²) in [5, 5.41) is 18.6. The first-order valence-corrected chi connectivity index (χ1v) is 5.50. The fourth-order valence-corrected chi connectivity index (χ4v) is 1.65. The fourth-order valence-electron chi connectivity index (χ4n) is 1.65. The Morgan fingerprint density at radius 2 is 1.94 bits per heavy atom. The molecule has 0 aliphatic heterocycles. The second-order valence-electron chi connectivity index (χ2n) is 4.28. The quantitative estimate of drug-likeness (QED) is 0.804. The van der Waals surface area contributed by atoms with E-state index in [1.54, 1.807) is 0 Å². The van der Waals surface area contributed by atoms with E-state index >= 15 is 0 Å². The smallest absolute Gasteiger partial charge is 0.303 e. The van der Waals surface area contributed by atoms with E-state index in [0.29, 0.717) is 6.42 Å². The van der Waals surface area contributed by atoms with Crippen molar-refractivity contribution in [2.24, 2.45) is 5.92 Å². The number of carbonyl (C=O) groups is 1. The zero-order valence-electron chi connectivity index (χ0n) is 9.68. The number of carboxylic acids is 1. The Bertz CT molecular complexity index is 358. The van der Waals surface area contributed by atoms with Crippen LogP contribution in [0.2, 0.25) is 0 Å². The van der Waals surface area contributed by atoms with Crippen molar-refractivity contribution in [3.8, 4) is 0 Å². The predicted octanol–water partition coefficient (Wildman–Crippen LogP) is 2.39. The second-order valence-corrected chi connectivity index (χ2v) is 4.28. The number of aliphatic carboxylic acids is 1. The van der Waals surface area contributed by atoms with E-state index in [4.69, 9.17) is 5.11 Å². The van der Waals surface area contributed by atoms with Crippen molar-refractivity contribution in [3.63, 3.8) is 0 Å². The Hall–Kier alpha value is -1.35. The maximum atomic E-state index is 10.5. The summed E-state index contributed by atoms with van der Waals surface area (Å²) in [6.45, 7) is 3.89. The zero-order chi connectivity index (χ0) is 12.1. The summed E-state index contributed by atoms with van der Waals surface area (Å²) in [5.74, 6) is -0.681. The van der Waals surface area contributed by atoms with Gasteiger partial charge in [0.2, 0.25) is 0 Å². The molecule has 0 radical (unpaired) electrons. The van der Waals surface area contributed by atoms with Crippen molar-refractivity contribution in [1.29, 1.82) is 0 Å². The van der Waals surface area contributed by atoms with Gasteiger partial charge < -0.3 is 10.2 Å². The molecule has 1 aromatic carbocycles. The van der Waals surface area contributed by atoms with Crippen molar-refractivity contribution in [3.05, 3.63) is 35.4 Å². The second kappa shape index (κ2) is 5.66. The molecule has 1 unspecified atom stereocenters. The molecule has 88 valence electrons. The highest BCUT2D eigenvalue weighted by molar-refractivity contribution is 5.67. The third kappa shape index (κ3) is 3.35. The fraction of sp³-hybridized carbons (Fsp3) is 0.462. The van der Waals surface area contributed by atoms with Gasteiger partial charge in [0.25, 0.3) is 0 Å². The Balaban J connectivity index is 2.87. The summed E-state index contributed by atoms with van der Waals surface area (Å²) in [6, 6.07) is 7.48. The number of benzene rings is 1. The monoisotopic (exact) mass is 222 g/mol. The molecular weight excluding hydrogens is 204 g/mol. The third-order valence-corrected chi connectivity index (χ3v) is 2.61. The molecule has 0 aliphatic rings. The van der Waals surface area contributed by atoms with Crippen LogP contribution in [0.3, 0.4) is 0 Å². The number of aliphatic hydroxyl groups is 1. The van der Waals surface area contributed by atoms with Crippen molar-refractivity contribution < 1.29 is 15.0 Å². The molecule has 0 heterocycles. The summed E-state index contributed by atoms with van der Waals surface area (Å²) in [7, 11) is 0. The van der Waals surface area contributed by atoms with E-state index in [0.717, 1.165) is 11.1 Å². The van der Waals surface area contributed by atoms with E-state index in [-0.39, 0.29) is 12.3 Å². The first-order chi connectivity index (χ1) is 7.52. The lowest BCUT2D eigenvalue weighted by Gasteiger charge is -2.18. The summed E-state index contributed by atoms with van der Waals surface area (Å²) in [6.07, 6.45) is 0.0434. The molecule has 0 aromatic heterocycles. The number of carboxylic acid groups (broad SMARTS) is 1. The molecule has 2 N–H and O–H groups in total. The van der Waals surface area contributed by atoms with E-state index in [1.807, 2.05) is 38.1 Å². The largest absolute Gasteiger partial charge is 0.481 e. The molecule has 1 rings (SSSR count). The molecule has 3 heteroatoms. The number of hydrogen-bond acceptors (Lipinski definition) is 2. The summed E-state index contributed by atoms with van der Waals surface area (Å²) >= 11 is 0. The molecule has 3 nitrogen and oxygen atoms in total. The van der Waals surface area contributed by atoms with Crippen LogP contribution in [-0.2, 0) is 11.2 Å². The summed E-state index contributed by atoms with van der Waals surface area (Å²) < 4.78 is 0. The van der Waals surface area contributed by atoms with Crippen LogP contribution in [0.1, 0.15) is 37.5 Å². The van der Waals surface area contributed by atoms with Gasteiger partial charge in [-0.1, -0.05) is 38.1 Å². The van der Waals surface area contributed by atoms with Crippen molar-refractivity contribution in [2.45, 2.75) is 32.8 Å². The van der Waals surface area contributed by atoms with Crippen LogP contribution >= 0.6 is 0 Å². The lowest BCUT2D eigenvalue weighted by atomic mass is 9.93. The van der Waals surface area contributed by atoms with Crippen LogP contribution in [0.15, 0.2) is 24.3 Å². The summed E-state index contributed by atoms with van der Waals surface area (Å²) in [4.78, 5) is 10.5. The summed E-state index contributed by atoms with van der Waals surface area (Å²) in [5.41, 5.74) is 1.77. The average Bonchev–Trinajstić information content (AvgIpc) is 2.25. The highest BCUT2D eigenvalue weighted by atomic mass is 16.4. The Labute approximate surface area is 95.7 Å². The highest BCUT2D eigenvalue weighted by Gasteiger charge is 2.15. The average molecular weight is 222 g/mol. The van der Waals surface area contributed by atoms with Gasteiger partial charge >= 0.3 is 5.97 Å². The van der Waals surface area contributed by atoms with Gasteiger partial charge in [0.1, 0.15) is 0 Å². The normalized spacial score (nSPS) is 12.8. The minimum atomic E-state index is -0.811. The van der Waals surface area contributed by atoms with Crippen molar-refractivity contribution in [2.75, 3.05) is 0 Å². The van der Waals surface area contributed by atoms with Gasteiger partial charge in [0.15, 0.2) is 0 Å². The number of rotatable bonds is 5. The molecule has 0 fully saturated rings. The Kier molecular flexibility index (Phi) is 4.50. The lowest BCUT2D eigenvalue weighted by Crippen LogP contribution is -2.09. The van der Waals surface area contributed by atoms with Gasteiger partial charge in [-0.15, -0.1) is 0 Å². The van der Waals surface area contributed by atoms with Crippen LogP contribution in [0.25, 0.3) is 0 Å². The van der Waals surface area contributed by atoms with E-state index < -0.39 is 12.1 Å². The highest BCUT2D eigenvalue weighted by Crippen LogP contribution is 2.25. The van der Waals surface area contributed by atoms with Crippen molar-refractivity contribution >= 4 is 5.97 Å². The Morgan fingerprint density at radius 1 is 1.31 bits per heavy atom. The molecule has 16 heavy (non-hydrogen) atoms.